The Bertz CT molecular complexity index is 839. The summed E-state index contributed by atoms with van der Waals surface area (Å²) in [5.74, 6) is 0.823. The molecule has 1 atom stereocenters. The smallest absolute Gasteiger partial charge is 0.257 e. The van der Waals surface area contributed by atoms with E-state index in [0.29, 0.717) is 36.7 Å². The third-order valence-corrected chi connectivity index (χ3v) is 6.49. The number of carbonyl (C=O) groups is 3. The number of nitrogens with one attached hydrogen (secondary N) is 1. The first-order chi connectivity index (χ1) is 15.0. The average molecular weight is 429 g/mol. The standard InChI is InChI=1S/C22H32N6O3/c1-16-18(22(31)27-8-3-2-4-9-27)12-24-21(25-16)17-6-5-10-28(13-17)20(30)15-26-11-7-23-19(29)14-26/h12,17H,2-11,13-15H2,1H3,(H,23,29). The Kier molecular flexibility index (Phi) is 6.80. The molecular weight excluding hydrogens is 396 g/mol. The van der Waals surface area contributed by atoms with Gasteiger partial charge in [-0.1, -0.05) is 0 Å². The first-order valence-corrected chi connectivity index (χ1v) is 11.4. The molecule has 3 saturated heterocycles. The van der Waals surface area contributed by atoms with Gasteiger partial charge in [-0.3, -0.25) is 19.3 Å². The second kappa shape index (κ2) is 9.72. The van der Waals surface area contributed by atoms with Crippen LogP contribution in [0.25, 0.3) is 0 Å². The Morgan fingerprint density at radius 2 is 1.87 bits per heavy atom. The van der Waals surface area contributed by atoms with Crippen LogP contribution in [0.3, 0.4) is 0 Å². The molecule has 0 saturated carbocycles. The maximum atomic E-state index is 12.8. The van der Waals surface area contributed by atoms with Crippen LogP contribution in [0.15, 0.2) is 6.20 Å². The van der Waals surface area contributed by atoms with Crippen molar-refractivity contribution in [1.29, 1.82) is 0 Å². The van der Waals surface area contributed by atoms with E-state index in [4.69, 9.17) is 0 Å². The second-order valence-electron chi connectivity index (χ2n) is 8.82. The highest BCUT2D eigenvalue weighted by Gasteiger charge is 2.29. The lowest BCUT2D eigenvalue weighted by atomic mass is 9.96. The zero-order valence-electron chi connectivity index (χ0n) is 18.3. The highest BCUT2D eigenvalue weighted by molar-refractivity contribution is 5.95. The molecule has 1 aromatic heterocycles. The molecule has 3 amide bonds. The van der Waals surface area contributed by atoms with E-state index < -0.39 is 0 Å². The monoisotopic (exact) mass is 428 g/mol. The number of piperazine rings is 1. The Labute approximate surface area is 183 Å². The molecule has 0 aromatic carbocycles. The fraction of sp³-hybridized carbons (Fsp3) is 0.682. The van der Waals surface area contributed by atoms with E-state index in [-0.39, 0.29) is 36.7 Å². The molecule has 3 aliphatic rings. The number of likely N-dealkylation sites (tertiary alicyclic amines) is 2. The predicted octanol–water partition coefficient (Wildman–Crippen LogP) is 0.549. The Morgan fingerprint density at radius 3 is 2.61 bits per heavy atom. The maximum Gasteiger partial charge on any atom is 0.257 e. The third-order valence-electron chi connectivity index (χ3n) is 6.49. The molecule has 1 N–H and O–H groups in total. The number of aryl methyl sites for hydroxylation is 1. The lowest BCUT2D eigenvalue weighted by molar-refractivity contribution is -0.135. The summed E-state index contributed by atoms with van der Waals surface area (Å²) in [6.07, 6.45) is 6.78. The summed E-state index contributed by atoms with van der Waals surface area (Å²) < 4.78 is 0. The molecule has 4 rings (SSSR count). The Balaban J connectivity index is 1.38. The molecule has 0 radical (unpaired) electrons. The van der Waals surface area contributed by atoms with Gasteiger partial charge in [-0.15, -0.1) is 0 Å². The molecule has 1 aromatic rings. The molecule has 1 unspecified atom stereocenters. The van der Waals surface area contributed by atoms with Crippen molar-refractivity contribution in [3.63, 3.8) is 0 Å². The van der Waals surface area contributed by atoms with Gasteiger partial charge in [0, 0.05) is 51.4 Å². The van der Waals surface area contributed by atoms with Crippen LogP contribution in [0.2, 0.25) is 0 Å². The number of piperidine rings is 2. The van der Waals surface area contributed by atoms with Crippen LogP contribution in [0.4, 0.5) is 0 Å². The van der Waals surface area contributed by atoms with Crippen LogP contribution >= 0.6 is 0 Å². The fourth-order valence-electron chi connectivity index (χ4n) is 4.69. The zero-order valence-corrected chi connectivity index (χ0v) is 18.3. The van der Waals surface area contributed by atoms with Gasteiger partial charge in [0.15, 0.2) is 0 Å². The SMILES string of the molecule is Cc1nc(C2CCCN(C(=O)CN3CCNC(=O)C3)C2)ncc1C(=O)N1CCCCC1. The van der Waals surface area contributed by atoms with E-state index in [1.807, 2.05) is 21.6 Å². The van der Waals surface area contributed by atoms with E-state index in [0.717, 1.165) is 45.3 Å². The quantitative estimate of drug-likeness (QED) is 0.752. The Hall–Kier alpha value is -2.55. The maximum absolute atomic E-state index is 12.8. The van der Waals surface area contributed by atoms with Gasteiger partial charge in [-0.05, 0) is 39.0 Å². The molecule has 31 heavy (non-hydrogen) atoms. The number of aromatic nitrogens is 2. The number of rotatable bonds is 4. The van der Waals surface area contributed by atoms with Crippen molar-refractivity contribution in [2.45, 2.75) is 44.9 Å². The molecule has 0 spiro atoms. The second-order valence-corrected chi connectivity index (χ2v) is 8.82. The van der Waals surface area contributed by atoms with E-state index in [9.17, 15) is 14.4 Å². The van der Waals surface area contributed by atoms with Gasteiger partial charge in [0.25, 0.3) is 5.91 Å². The van der Waals surface area contributed by atoms with Gasteiger partial charge in [0.05, 0.1) is 24.3 Å². The molecule has 3 fully saturated rings. The minimum Gasteiger partial charge on any atom is -0.354 e. The number of nitrogens with zero attached hydrogens (tertiary/aromatic N) is 5. The molecule has 168 valence electrons. The summed E-state index contributed by atoms with van der Waals surface area (Å²) in [6, 6.07) is 0. The van der Waals surface area contributed by atoms with E-state index in [1.165, 1.54) is 6.42 Å². The molecular formula is C22H32N6O3. The normalized spacial score (nSPS) is 22.9. The van der Waals surface area contributed by atoms with Gasteiger partial charge in [-0.2, -0.15) is 0 Å². The minimum atomic E-state index is -0.0290. The van der Waals surface area contributed by atoms with Crippen molar-refractivity contribution in [1.82, 2.24) is 30.0 Å². The van der Waals surface area contributed by atoms with E-state index in [2.05, 4.69) is 15.3 Å². The summed E-state index contributed by atoms with van der Waals surface area (Å²) in [5.41, 5.74) is 1.29. The van der Waals surface area contributed by atoms with Gasteiger partial charge in [0.1, 0.15) is 5.82 Å². The summed E-state index contributed by atoms with van der Waals surface area (Å²) >= 11 is 0. The van der Waals surface area contributed by atoms with Gasteiger partial charge < -0.3 is 15.1 Å². The molecule has 3 aliphatic heterocycles. The highest BCUT2D eigenvalue weighted by atomic mass is 16.2. The van der Waals surface area contributed by atoms with Crippen LogP contribution in [-0.4, -0.2) is 94.7 Å². The zero-order chi connectivity index (χ0) is 21.8. The summed E-state index contributed by atoms with van der Waals surface area (Å²) in [5, 5.41) is 2.78. The fourth-order valence-corrected chi connectivity index (χ4v) is 4.69. The van der Waals surface area contributed by atoms with Crippen molar-refractivity contribution in [2.75, 3.05) is 52.4 Å². The first kappa shape index (κ1) is 21.7. The van der Waals surface area contributed by atoms with Crippen molar-refractivity contribution in [2.24, 2.45) is 0 Å². The molecule has 4 heterocycles. The third kappa shape index (κ3) is 5.20. The van der Waals surface area contributed by atoms with Crippen molar-refractivity contribution < 1.29 is 14.4 Å². The largest absolute Gasteiger partial charge is 0.354 e. The number of carbonyl (C=O) groups excluding carboxylic acids is 3. The van der Waals surface area contributed by atoms with E-state index in [1.54, 1.807) is 6.20 Å². The minimum absolute atomic E-state index is 0.0229. The van der Waals surface area contributed by atoms with Crippen LogP contribution in [0.1, 0.15) is 59.9 Å². The van der Waals surface area contributed by atoms with Crippen LogP contribution < -0.4 is 5.32 Å². The van der Waals surface area contributed by atoms with E-state index >= 15 is 0 Å². The topological polar surface area (TPSA) is 98.7 Å². The van der Waals surface area contributed by atoms with Crippen molar-refractivity contribution in [3.05, 3.63) is 23.3 Å². The van der Waals surface area contributed by atoms with Crippen molar-refractivity contribution >= 4 is 17.7 Å². The molecule has 9 heteroatoms. The number of amides is 3. The average Bonchev–Trinajstić information content (AvgIpc) is 2.79. The molecule has 0 aliphatic carbocycles. The first-order valence-electron chi connectivity index (χ1n) is 11.4. The van der Waals surface area contributed by atoms with Crippen molar-refractivity contribution in [3.8, 4) is 0 Å². The van der Waals surface area contributed by atoms with Gasteiger partial charge >= 0.3 is 0 Å². The van der Waals surface area contributed by atoms with Crippen LogP contribution in [0, 0.1) is 6.92 Å². The molecule has 0 bridgehead atoms. The lowest BCUT2D eigenvalue weighted by Crippen LogP contribution is -2.52. The van der Waals surface area contributed by atoms with Gasteiger partial charge in [0.2, 0.25) is 11.8 Å². The van der Waals surface area contributed by atoms with Gasteiger partial charge in [-0.25, -0.2) is 9.97 Å². The molecule has 9 nitrogen and oxygen atoms in total. The number of hydrogen-bond donors (Lipinski definition) is 1. The Morgan fingerprint density at radius 1 is 1.10 bits per heavy atom. The summed E-state index contributed by atoms with van der Waals surface area (Å²) in [4.78, 5) is 52.0. The lowest BCUT2D eigenvalue weighted by Gasteiger charge is -2.34. The summed E-state index contributed by atoms with van der Waals surface area (Å²) in [6.45, 7) is 6.61. The van der Waals surface area contributed by atoms with Crippen LogP contribution in [-0.2, 0) is 9.59 Å². The number of hydrogen-bond acceptors (Lipinski definition) is 6. The highest BCUT2D eigenvalue weighted by Crippen LogP contribution is 2.25. The van der Waals surface area contributed by atoms with Crippen LogP contribution in [0.5, 0.6) is 0 Å². The predicted molar refractivity (Wildman–Crippen MR) is 115 cm³/mol. The summed E-state index contributed by atoms with van der Waals surface area (Å²) in [7, 11) is 0.